The van der Waals surface area contributed by atoms with Crippen molar-refractivity contribution in [3.05, 3.63) is 34.9 Å². The van der Waals surface area contributed by atoms with Crippen LogP contribution in [0.4, 0.5) is 5.69 Å². The number of aryl methyl sites for hydroxylation is 2. The fourth-order valence-electron chi connectivity index (χ4n) is 1.58. The van der Waals surface area contributed by atoms with E-state index in [0.29, 0.717) is 6.42 Å². The number of carbonyl (C=O) groups is 1. The van der Waals surface area contributed by atoms with Crippen LogP contribution in [0.25, 0.3) is 6.08 Å². The van der Waals surface area contributed by atoms with Crippen molar-refractivity contribution < 1.29 is 4.79 Å². The molecule has 2 nitrogen and oxygen atoms in total. The van der Waals surface area contributed by atoms with Gasteiger partial charge in [-0.3, -0.25) is 4.79 Å². The van der Waals surface area contributed by atoms with E-state index >= 15 is 0 Å². The minimum Gasteiger partial charge on any atom is -0.325 e. The van der Waals surface area contributed by atoms with Crippen molar-refractivity contribution >= 4 is 17.7 Å². The third kappa shape index (κ3) is 1.55. The van der Waals surface area contributed by atoms with E-state index in [4.69, 9.17) is 0 Å². The van der Waals surface area contributed by atoms with Gasteiger partial charge in [-0.2, -0.15) is 0 Å². The number of amides is 1. The molecule has 0 bridgehead atoms. The van der Waals surface area contributed by atoms with Gasteiger partial charge in [0.1, 0.15) is 0 Å². The van der Waals surface area contributed by atoms with Crippen LogP contribution in [-0.4, -0.2) is 5.91 Å². The molecule has 0 radical (unpaired) electrons. The normalized spacial score (nSPS) is 14.6. The Hall–Kier alpha value is -1.57. The predicted molar refractivity (Wildman–Crippen MR) is 58.2 cm³/mol. The van der Waals surface area contributed by atoms with Crippen LogP contribution < -0.4 is 5.32 Å². The van der Waals surface area contributed by atoms with E-state index in [0.717, 1.165) is 11.3 Å². The maximum Gasteiger partial charge on any atom is 0.228 e. The van der Waals surface area contributed by atoms with E-state index in [9.17, 15) is 4.79 Å². The van der Waals surface area contributed by atoms with Crippen LogP contribution in [0.5, 0.6) is 0 Å². The molecule has 0 unspecified atom stereocenters. The van der Waals surface area contributed by atoms with Gasteiger partial charge in [-0.1, -0.05) is 12.2 Å². The van der Waals surface area contributed by atoms with Gasteiger partial charge in [-0.05, 0) is 42.7 Å². The molecule has 0 saturated carbocycles. The summed E-state index contributed by atoms with van der Waals surface area (Å²) in [5.41, 5.74) is 4.48. The van der Waals surface area contributed by atoms with Crippen molar-refractivity contribution in [1.29, 1.82) is 0 Å². The summed E-state index contributed by atoms with van der Waals surface area (Å²) >= 11 is 0. The molecule has 0 fully saturated rings. The molecule has 14 heavy (non-hydrogen) atoms. The first-order chi connectivity index (χ1) is 6.66. The molecule has 2 heteroatoms. The van der Waals surface area contributed by atoms with E-state index in [1.165, 1.54) is 11.1 Å². The van der Waals surface area contributed by atoms with Gasteiger partial charge in [0.2, 0.25) is 5.91 Å². The molecular weight excluding hydrogens is 174 g/mol. The highest BCUT2D eigenvalue weighted by Crippen LogP contribution is 2.24. The Morgan fingerprint density at radius 1 is 1.21 bits per heavy atom. The van der Waals surface area contributed by atoms with Crippen LogP contribution in [0.15, 0.2) is 18.2 Å². The lowest BCUT2D eigenvalue weighted by Crippen LogP contribution is -2.09. The number of fused-ring (bicyclic) bond motifs is 1. The van der Waals surface area contributed by atoms with Crippen LogP contribution in [-0.2, 0) is 4.79 Å². The summed E-state index contributed by atoms with van der Waals surface area (Å²) in [6.07, 6.45) is 4.36. The highest BCUT2D eigenvalue weighted by Gasteiger charge is 2.09. The number of benzene rings is 1. The molecule has 0 aromatic heterocycles. The molecule has 2 rings (SSSR count). The SMILES string of the molecule is Cc1cc2c(cc1C)NC(=O)CC=C2. The van der Waals surface area contributed by atoms with Gasteiger partial charge in [-0.25, -0.2) is 0 Å². The van der Waals surface area contributed by atoms with Gasteiger partial charge in [0, 0.05) is 12.1 Å². The molecule has 1 N–H and O–H groups in total. The van der Waals surface area contributed by atoms with Crippen LogP contribution in [0.1, 0.15) is 23.1 Å². The Morgan fingerprint density at radius 3 is 2.71 bits per heavy atom. The smallest absolute Gasteiger partial charge is 0.228 e. The highest BCUT2D eigenvalue weighted by atomic mass is 16.1. The van der Waals surface area contributed by atoms with E-state index in [2.05, 4.69) is 25.2 Å². The summed E-state index contributed by atoms with van der Waals surface area (Å²) in [5, 5.41) is 2.89. The Kier molecular flexibility index (Phi) is 2.12. The summed E-state index contributed by atoms with van der Waals surface area (Å²) in [7, 11) is 0. The van der Waals surface area contributed by atoms with Gasteiger partial charge in [-0.15, -0.1) is 0 Å². The van der Waals surface area contributed by atoms with Gasteiger partial charge in [0.15, 0.2) is 0 Å². The largest absolute Gasteiger partial charge is 0.325 e. The first-order valence-electron chi connectivity index (χ1n) is 4.74. The summed E-state index contributed by atoms with van der Waals surface area (Å²) in [6.45, 7) is 4.13. The standard InChI is InChI=1S/C12H13NO/c1-8-6-10-4-3-5-12(14)13-11(10)7-9(8)2/h3-4,6-7H,5H2,1-2H3,(H,13,14). The van der Waals surface area contributed by atoms with Crippen molar-refractivity contribution in [3.63, 3.8) is 0 Å². The summed E-state index contributed by atoms with van der Waals surface area (Å²) < 4.78 is 0. The van der Waals surface area contributed by atoms with Crippen molar-refractivity contribution in [2.24, 2.45) is 0 Å². The summed E-state index contributed by atoms with van der Waals surface area (Å²) in [4.78, 5) is 11.3. The van der Waals surface area contributed by atoms with Crippen LogP contribution in [0.3, 0.4) is 0 Å². The second-order valence-electron chi connectivity index (χ2n) is 3.68. The minimum absolute atomic E-state index is 0.0586. The molecule has 1 amide bonds. The molecule has 0 saturated heterocycles. The van der Waals surface area contributed by atoms with Crippen molar-refractivity contribution in [2.75, 3.05) is 5.32 Å². The lowest BCUT2D eigenvalue weighted by molar-refractivity contribution is -0.115. The average Bonchev–Trinajstić information content (AvgIpc) is 2.28. The first-order valence-corrected chi connectivity index (χ1v) is 4.74. The van der Waals surface area contributed by atoms with Gasteiger partial charge < -0.3 is 5.32 Å². The molecule has 1 aromatic carbocycles. The second kappa shape index (κ2) is 3.29. The highest BCUT2D eigenvalue weighted by molar-refractivity contribution is 5.96. The van der Waals surface area contributed by atoms with Crippen molar-refractivity contribution in [3.8, 4) is 0 Å². The fourth-order valence-corrected chi connectivity index (χ4v) is 1.58. The van der Waals surface area contributed by atoms with Gasteiger partial charge >= 0.3 is 0 Å². The van der Waals surface area contributed by atoms with Gasteiger partial charge in [0.05, 0.1) is 0 Å². The monoisotopic (exact) mass is 187 g/mol. The topological polar surface area (TPSA) is 29.1 Å². The molecular formula is C12H13NO. The number of hydrogen-bond acceptors (Lipinski definition) is 1. The average molecular weight is 187 g/mol. The second-order valence-corrected chi connectivity index (χ2v) is 3.68. The van der Waals surface area contributed by atoms with Crippen LogP contribution >= 0.6 is 0 Å². The number of nitrogens with one attached hydrogen (secondary N) is 1. The third-order valence-electron chi connectivity index (χ3n) is 2.54. The first kappa shape index (κ1) is 9.00. The summed E-state index contributed by atoms with van der Waals surface area (Å²) in [5.74, 6) is 0.0586. The van der Waals surface area contributed by atoms with E-state index in [1.54, 1.807) is 0 Å². The fraction of sp³-hybridized carbons (Fsp3) is 0.250. The maximum absolute atomic E-state index is 11.3. The number of hydrogen-bond donors (Lipinski definition) is 1. The van der Waals surface area contributed by atoms with Crippen molar-refractivity contribution in [2.45, 2.75) is 20.3 Å². The zero-order valence-electron chi connectivity index (χ0n) is 8.42. The molecule has 72 valence electrons. The van der Waals surface area contributed by atoms with Crippen LogP contribution in [0, 0.1) is 13.8 Å². The molecule has 0 spiro atoms. The third-order valence-corrected chi connectivity index (χ3v) is 2.54. The van der Waals surface area contributed by atoms with Crippen molar-refractivity contribution in [1.82, 2.24) is 0 Å². The zero-order chi connectivity index (χ0) is 10.1. The lowest BCUT2D eigenvalue weighted by atomic mass is 10.0. The quantitative estimate of drug-likeness (QED) is 0.664. The molecule has 0 atom stereocenters. The molecule has 1 aliphatic rings. The Morgan fingerprint density at radius 2 is 1.93 bits per heavy atom. The number of carbonyl (C=O) groups excluding carboxylic acids is 1. The Bertz CT molecular complexity index is 419. The molecule has 0 aliphatic carbocycles. The Labute approximate surface area is 83.6 Å². The molecule has 1 heterocycles. The van der Waals surface area contributed by atoms with E-state index in [1.807, 2.05) is 18.2 Å². The zero-order valence-corrected chi connectivity index (χ0v) is 8.42. The maximum atomic E-state index is 11.3. The van der Waals surface area contributed by atoms with Gasteiger partial charge in [0.25, 0.3) is 0 Å². The predicted octanol–water partition coefficient (Wildman–Crippen LogP) is 2.66. The molecule has 1 aliphatic heterocycles. The summed E-state index contributed by atoms with van der Waals surface area (Å²) in [6, 6.07) is 4.13. The number of rotatable bonds is 0. The van der Waals surface area contributed by atoms with E-state index < -0.39 is 0 Å². The lowest BCUT2D eigenvalue weighted by Gasteiger charge is -2.09. The van der Waals surface area contributed by atoms with E-state index in [-0.39, 0.29) is 5.91 Å². The Balaban J connectivity index is 2.55. The van der Waals surface area contributed by atoms with Crippen LogP contribution in [0.2, 0.25) is 0 Å². The molecule has 1 aromatic rings. The minimum atomic E-state index is 0.0586. The number of anilines is 1.